The third kappa shape index (κ3) is 2.05. The van der Waals surface area contributed by atoms with Crippen molar-refractivity contribution in [1.29, 1.82) is 0 Å². The number of hydrogen-bond donors (Lipinski definition) is 0. The van der Waals surface area contributed by atoms with Crippen LogP contribution in [0.25, 0.3) is 11.0 Å². The highest BCUT2D eigenvalue weighted by molar-refractivity contribution is 6.16. The lowest BCUT2D eigenvalue weighted by Crippen LogP contribution is -2.03. The fourth-order valence-corrected chi connectivity index (χ4v) is 2.35. The number of rotatable bonds is 4. The molecule has 2 heteroatoms. The van der Waals surface area contributed by atoms with Crippen LogP contribution in [-0.2, 0) is 6.42 Å². The molecule has 0 aliphatic rings. The van der Waals surface area contributed by atoms with E-state index in [2.05, 4.69) is 6.58 Å². The Balaban J connectivity index is 2.21. The molecule has 0 N–H and O–H groups in total. The van der Waals surface area contributed by atoms with Crippen molar-refractivity contribution in [3.63, 3.8) is 0 Å². The molecule has 0 saturated carbocycles. The molecule has 0 atom stereocenters. The smallest absolute Gasteiger partial charge is 0.197 e. The minimum absolute atomic E-state index is 0.00704. The van der Waals surface area contributed by atoms with Gasteiger partial charge in [0.25, 0.3) is 0 Å². The van der Waals surface area contributed by atoms with Crippen molar-refractivity contribution < 1.29 is 9.21 Å². The Morgan fingerprint density at radius 1 is 1.05 bits per heavy atom. The summed E-state index contributed by atoms with van der Waals surface area (Å²) in [6, 6.07) is 16.9. The summed E-state index contributed by atoms with van der Waals surface area (Å²) in [5.41, 5.74) is 2.06. The molecule has 0 fully saturated rings. The van der Waals surface area contributed by atoms with Gasteiger partial charge in [-0.2, -0.15) is 0 Å². The topological polar surface area (TPSA) is 30.2 Å². The first kappa shape index (κ1) is 12.4. The lowest BCUT2D eigenvalue weighted by Gasteiger charge is -2.01. The average Bonchev–Trinajstić information content (AvgIpc) is 2.86. The van der Waals surface area contributed by atoms with Crippen LogP contribution in [0.1, 0.15) is 21.7 Å². The van der Waals surface area contributed by atoms with Crippen molar-refractivity contribution in [2.45, 2.75) is 6.42 Å². The number of para-hydroxylation sites is 1. The molecule has 98 valence electrons. The fraction of sp³-hybridized carbons (Fsp3) is 0.0556. The Labute approximate surface area is 117 Å². The molecule has 0 saturated heterocycles. The minimum Gasteiger partial charge on any atom is -0.460 e. The monoisotopic (exact) mass is 262 g/mol. The first-order valence-corrected chi connectivity index (χ1v) is 6.52. The van der Waals surface area contributed by atoms with Crippen LogP contribution in [-0.4, -0.2) is 5.78 Å². The molecule has 0 amide bonds. The number of ketones is 1. The van der Waals surface area contributed by atoms with E-state index in [4.69, 9.17) is 4.42 Å². The van der Waals surface area contributed by atoms with Gasteiger partial charge in [0, 0.05) is 17.4 Å². The highest BCUT2D eigenvalue weighted by Crippen LogP contribution is 2.28. The molecule has 3 aromatic rings. The van der Waals surface area contributed by atoms with Crippen LogP contribution in [0.5, 0.6) is 0 Å². The van der Waals surface area contributed by atoms with Crippen molar-refractivity contribution in [3.05, 3.63) is 84.1 Å². The van der Waals surface area contributed by atoms with Gasteiger partial charge in [0.1, 0.15) is 11.3 Å². The van der Waals surface area contributed by atoms with Gasteiger partial charge in [0.05, 0.1) is 5.56 Å². The summed E-state index contributed by atoms with van der Waals surface area (Å²) in [6.45, 7) is 3.73. The molecular weight excluding hydrogens is 248 g/mol. The van der Waals surface area contributed by atoms with E-state index in [1.165, 1.54) is 0 Å². The van der Waals surface area contributed by atoms with Gasteiger partial charge in [-0.15, -0.1) is 6.58 Å². The molecule has 1 aromatic heterocycles. The summed E-state index contributed by atoms with van der Waals surface area (Å²) in [5, 5.41) is 0.859. The Morgan fingerprint density at radius 3 is 2.50 bits per heavy atom. The molecule has 0 spiro atoms. The average molecular weight is 262 g/mol. The summed E-state index contributed by atoms with van der Waals surface area (Å²) in [4.78, 5) is 12.7. The molecule has 3 rings (SSSR count). The lowest BCUT2D eigenvalue weighted by molar-refractivity contribution is 0.103. The normalized spacial score (nSPS) is 10.6. The van der Waals surface area contributed by atoms with E-state index < -0.39 is 0 Å². The van der Waals surface area contributed by atoms with E-state index in [1.807, 2.05) is 54.6 Å². The predicted octanol–water partition coefficient (Wildman–Crippen LogP) is 4.39. The molecule has 0 bridgehead atoms. The van der Waals surface area contributed by atoms with Crippen molar-refractivity contribution >= 4 is 16.8 Å². The van der Waals surface area contributed by atoms with Crippen molar-refractivity contribution in [3.8, 4) is 0 Å². The van der Waals surface area contributed by atoms with Gasteiger partial charge in [0.15, 0.2) is 5.78 Å². The Morgan fingerprint density at radius 2 is 1.75 bits per heavy atom. The number of hydrogen-bond acceptors (Lipinski definition) is 2. The van der Waals surface area contributed by atoms with Crippen molar-refractivity contribution in [2.75, 3.05) is 0 Å². The molecule has 20 heavy (non-hydrogen) atoms. The van der Waals surface area contributed by atoms with Crippen LogP contribution >= 0.6 is 0 Å². The standard InChI is InChI=1S/C18H14O2/c1-2-8-16-17(14-11-6-7-12-15(14)20-16)18(19)13-9-4-3-5-10-13/h2-7,9-12H,1,8H2. The molecule has 0 unspecified atom stereocenters. The maximum Gasteiger partial charge on any atom is 0.197 e. The number of carbonyl (C=O) groups is 1. The maximum absolute atomic E-state index is 12.7. The van der Waals surface area contributed by atoms with E-state index >= 15 is 0 Å². The van der Waals surface area contributed by atoms with Crippen LogP contribution in [0.4, 0.5) is 0 Å². The number of allylic oxidation sites excluding steroid dienone is 1. The van der Waals surface area contributed by atoms with Gasteiger partial charge < -0.3 is 4.42 Å². The van der Waals surface area contributed by atoms with Crippen LogP contribution in [0.2, 0.25) is 0 Å². The zero-order valence-corrected chi connectivity index (χ0v) is 11.0. The second-order valence-corrected chi connectivity index (χ2v) is 4.58. The van der Waals surface area contributed by atoms with E-state index in [0.29, 0.717) is 23.3 Å². The van der Waals surface area contributed by atoms with E-state index in [1.54, 1.807) is 6.08 Å². The second kappa shape index (κ2) is 5.17. The van der Waals surface area contributed by atoms with Crippen LogP contribution < -0.4 is 0 Å². The predicted molar refractivity (Wildman–Crippen MR) is 80.0 cm³/mol. The van der Waals surface area contributed by atoms with Crippen LogP contribution in [0.15, 0.2) is 71.7 Å². The van der Waals surface area contributed by atoms with Gasteiger partial charge in [-0.3, -0.25) is 4.79 Å². The number of fused-ring (bicyclic) bond motifs is 1. The van der Waals surface area contributed by atoms with E-state index in [-0.39, 0.29) is 5.78 Å². The minimum atomic E-state index is -0.00704. The maximum atomic E-state index is 12.7. The van der Waals surface area contributed by atoms with Crippen molar-refractivity contribution in [2.24, 2.45) is 0 Å². The molecule has 1 heterocycles. The second-order valence-electron chi connectivity index (χ2n) is 4.58. The van der Waals surface area contributed by atoms with Crippen molar-refractivity contribution in [1.82, 2.24) is 0 Å². The molecule has 2 aromatic carbocycles. The molecule has 2 nitrogen and oxygen atoms in total. The number of furan rings is 1. The Bertz CT molecular complexity index is 766. The van der Waals surface area contributed by atoms with E-state index in [0.717, 1.165) is 11.0 Å². The summed E-state index contributed by atoms with van der Waals surface area (Å²) in [6.07, 6.45) is 2.29. The number of benzene rings is 2. The molecular formula is C18H14O2. The van der Waals surface area contributed by atoms with Gasteiger partial charge in [-0.05, 0) is 6.07 Å². The zero-order chi connectivity index (χ0) is 13.9. The highest BCUT2D eigenvalue weighted by Gasteiger charge is 2.20. The zero-order valence-electron chi connectivity index (χ0n) is 11.0. The third-order valence-electron chi connectivity index (χ3n) is 3.26. The molecule has 0 aliphatic carbocycles. The first-order chi connectivity index (χ1) is 9.81. The Hall–Kier alpha value is -2.61. The summed E-state index contributed by atoms with van der Waals surface area (Å²) in [7, 11) is 0. The quantitative estimate of drug-likeness (QED) is 0.515. The van der Waals surface area contributed by atoms with Crippen LogP contribution in [0, 0.1) is 0 Å². The summed E-state index contributed by atoms with van der Waals surface area (Å²) >= 11 is 0. The summed E-state index contributed by atoms with van der Waals surface area (Å²) in [5.74, 6) is 0.669. The fourth-order valence-electron chi connectivity index (χ4n) is 2.35. The first-order valence-electron chi connectivity index (χ1n) is 6.52. The van der Waals surface area contributed by atoms with Gasteiger partial charge in [-0.1, -0.05) is 54.6 Å². The molecule has 0 aliphatic heterocycles. The van der Waals surface area contributed by atoms with Gasteiger partial charge in [-0.25, -0.2) is 0 Å². The molecule has 0 radical (unpaired) electrons. The SMILES string of the molecule is C=CCc1oc2ccccc2c1C(=O)c1ccccc1. The van der Waals surface area contributed by atoms with Crippen LogP contribution in [0.3, 0.4) is 0 Å². The van der Waals surface area contributed by atoms with Gasteiger partial charge >= 0.3 is 0 Å². The summed E-state index contributed by atoms with van der Waals surface area (Å²) < 4.78 is 5.79. The largest absolute Gasteiger partial charge is 0.460 e. The van der Waals surface area contributed by atoms with Gasteiger partial charge in [0.2, 0.25) is 0 Å². The lowest BCUT2D eigenvalue weighted by atomic mass is 9.99. The Kier molecular flexibility index (Phi) is 3.21. The van der Waals surface area contributed by atoms with E-state index in [9.17, 15) is 4.79 Å². The third-order valence-corrected chi connectivity index (χ3v) is 3.26. The number of carbonyl (C=O) groups excluding carboxylic acids is 1. The highest BCUT2D eigenvalue weighted by atomic mass is 16.3.